The lowest BCUT2D eigenvalue weighted by molar-refractivity contribution is -0.115. The van der Waals surface area contributed by atoms with Crippen molar-refractivity contribution in [2.75, 3.05) is 16.8 Å². The summed E-state index contributed by atoms with van der Waals surface area (Å²) in [7, 11) is 0. The Labute approximate surface area is 138 Å². The zero-order valence-corrected chi connectivity index (χ0v) is 13.8. The van der Waals surface area contributed by atoms with E-state index >= 15 is 0 Å². The number of benzene rings is 1. The van der Waals surface area contributed by atoms with Crippen molar-refractivity contribution in [1.29, 1.82) is 0 Å². The van der Waals surface area contributed by atoms with E-state index in [1.807, 2.05) is 6.92 Å². The van der Waals surface area contributed by atoms with E-state index in [1.54, 1.807) is 37.3 Å². The van der Waals surface area contributed by atoms with Crippen LogP contribution in [0.4, 0.5) is 11.4 Å². The molecule has 0 aliphatic rings. The first-order chi connectivity index (χ1) is 11.0. The third-order valence-electron chi connectivity index (χ3n) is 2.91. The molecule has 0 radical (unpaired) electrons. The van der Waals surface area contributed by atoms with E-state index in [0.717, 1.165) is 5.75 Å². The smallest absolute Gasteiger partial charge is 0.232 e. The summed E-state index contributed by atoms with van der Waals surface area (Å²) >= 11 is 1.46. The van der Waals surface area contributed by atoms with Crippen molar-refractivity contribution in [3.63, 3.8) is 0 Å². The van der Waals surface area contributed by atoms with Crippen LogP contribution in [0.2, 0.25) is 0 Å². The number of anilines is 2. The fraction of sp³-hybridized carbons (Fsp3) is 0.250. The van der Waals surface area contributed by atoms with Crippen LogP contribution in [0.3, 0.4) is 0 Å². The Kier molecular flexibility index (Phi) is 5.70. The van der Waals surface area contributed by atoms with Crippen molar-refractivity contribution in [3.8, 4) is 0 Å². The molecule has 1 aromatic carbocycles. The molecule has 0 unspecified atom stereocenters. The first-order valence-electron chi connectivity index (χ1n) is 7.15. The van der Waals surface area contributed by atoms with E-state index in [1.165, 1.54) is 11.8 Å². The van der Waals surface area contributed by atoms with Crippen molar-refractivity contribution >= 4 is 34.8 Å². The molecular formula is C16H18N4O2S. The number of hydrogen-bond donors (Lipinski definition) is 2. The molecule has 0 bridgehead atoms. The molecular weight excluding hydrogens is 312 g/mol. The Balaban J connectivity index is 2.03. The van der Waals surface area contributed by atoms with E-state index in [-0.39, 0.29) is 23.8 Å². The number of ketones is 1. The molecule has 0 spiro atoms. The summed E-state index contributed by atoms with van der Waals surface area (Å²) < 4.78 is 0. The van der Waals surface area contributed by atoms with Crippen LogP contribution < -0.4 is 11.1 Å². The maximum Gasteiger partial charge on any atom is 0.232 e. The van der Waals surface area contributed by atoms with Gasteiger partial charge in [-0.15, -0.1) is 0 Å². The number of amides is 1. The van der Waals surface area contributed by atoms with E-state index in [9.17, 15) is 9.59 Å². The highest BCUT2D eigenvalue weighted by Crippen LogP contribution is 2.15. The number of nitrogens with one attached hydrogen (secondary N) is 1. The molecule has 6 nitrogen and oxygen atoms in total. The largest absolute Gasteiger partial charge is 0.399 e. The van der Waals surface area contributed by atoms with Crippen LogP contribution in [0.1, 0.15) is 29.5 Å². The lowest BCUT2D eigenvalue weighted by Gasteiger charge is -2.06. The van der Waals surface area contributed by atoms with Gasteiger partial charge in [0.1, 0.15) is 5.69 Å². The van der Waals surface area contributed by atoms with Gasteiger partial charge in [-0.3, -0.25) is 9.59 Å². The number of carbonyl (C=O) groups excluding carboxylic acids is 2. The zero-order valence-electron chi connectivity index (χ0n) is 13.0. The number of Topliss-reactive ketones (excluding diaryl/α,β-unsaturated/α-hetero) is 1. The first-order valence-corrected chi connectivity index (χ1v) is 8.13. The van der Waals surface area contributed by atoms with Gasteiger partial charge >= 0.3 is 0 Å². The van der Waals surface area contributed by atoms with Crippen LogP contribution in [0.15, 0.2) is 35.5 Å². The van der Waals surface area contributed by atoms with E-state index < -0.39 is 0 Å². The van der Waals surface area contributed by atoms with Crippen LogP contribution in [-0.2, 0) is 4.79 Å². The van der Waals surface area contributed by atoms with Gasteiger partial charge in [0.05, 0.1) is 6.42 Å². The van der Waals surface area contributed by atoms with Crippen LogP contribution in [-0.4, -0.2) is 27.4 Å². The maximum atomic E-state index is 12.2. The van der Waals surface area contributed by atoms with E-state index in [4.69, 9.17) is 5.73 Å². The summed E-state index contributed by atoms with van der Waals surface area (Å²) in [4.78, 5) is 32.6. The van der Waals surface area contributed by atoms with Gasteiger partial charge in [-0.05, 0) is 43.0 Å². The number of hydrogen-bond acceptors (Lipinski definition) is 6. The molecule has 0 aliphatic carbocycles. The van der Waals surface area contributed by atoms with Gasteiger partial charge in [0, 0.05) is 17.1 Å². The zero-order chi connectivity index (χ0) is 16.8. The number of thioether (sulfide) groups is 1. The molecule has 1 heterocycles. The molecule has 2 aromatic rings. The summed E-state index contributed by atoms with van der Waals surface area (Å²) in [6.07, 6.45) is -0.267. The molecule has 1 aromatic heterocycles. The average Bonchev–Trinajstić information content (AvgIpc) is 2.49. The average molecular weight is 330 g/mol. The summed E-state index contributed by atoms with van der Waals surface area (Å²) in [5.74, 6) is 0.0939. The Morgan fingerprint density at radius 2 is 1.91 bits per heavy atom. The number of nitrogens with two attached hydrogens (primary N) is 1. The number of rotatable bonds is 6. The van der Waals surface area contributed by atoms with Crippen molar-refractivity contribution < 1.29 is 9.59 Å². The molecule has 2 rings (SSSR count). The quantitative estimate of drug-likeness (QED) is 0.278. The van der Waals surface area contributed by atoms with E-state index in [2.05, 4.69) is 15.3 Å². The van der Waals surface area contributed by atoms with Gasteiger partial charge in [0.25, 0.3) is 0 Å². The fourth-order valence-corrected chi connectivity index (χ4v) is 2.52. The molecule has 0 aliphatic heterocycles. The Bertz CT molecular complexity index is 717. The van der Waals surface area contributed by atoms with E-state index in [0.29, 0.717) is 22.2 Å². The number of aromatic nitrogens is 2. The van der Waals surface area contributed by atoms with Crippen molar-refractivity contribution in [1.82, 2.24) is 9.97 Å². The standard InChI is InChI=1S/C16H18N4O2S/c1-3-23-16-18-10(2)8-13(20-16)14(21)9-15(22)19-12-6-4-11(17)5-7-12/h4-8H,3,9,17H2,1-2H3,(H,19,22). The topological polar surface area (TPSA) is 98.0 Å². The maximum absolute atomic E-state index is 12.2. The third kappa shape index (κ3) is 5.07. The molecule has 0 atom stereocenters. The second-order valence-electron chi connectivity index (χ2n) is 4.88. The van der Waals surface area contributed by atoms with Gasteiger partial charge in [-0.25, -0.2) is 9.97 Å². The molecule has 0 saturated heterocycles. The van der Waals surface area contributed by atoms with Gasteiger partial charge < -0.3 is 11.1 Å². The molecule has 120 valence electrons. The molecule has 3 N–H and O–H groups in total. The molecule has 23 heavy (non-hydrogen) atoms. The SMILES string of the molecule is CCSc1nc(C)cc(C(=O)CC(=O)Nc2ccc(N)cc2)n1. The minimum absolute atomic E-state index is 0.265. The predicted octanol–water partition coefficient (Wildman–Crippen LogP) is 2.69. The minimum atomic E-state index is -0.388. The normalized spacial score (nSPS) is 10.3. The Hall–Kier alpha value is -2.41. The van der Waals surface area contributed by atoms with Gasteiger partial charge in [-0.1, -0.05) is 18.7 Å². The van der Waals surface area contributed by atoms with Crippen molar-refractivity contribution in [3.05, 3.63) is 41.7 Å². The Morgan fingerprint density at radius 3 is 2.57 bits per heavy atom. The van der Waals surface area contributed by atoms with Gasteiger partial charge in [0.15, 0.2) is 10.9 Å². The molecule has 0 fully saturated rings. The lowest BCUT2D eigenvalue weighted by atomic mass is 10.2. The highest BCUT2D eigenvalue weighted by molar-refractivity contribution is 7.99. The molecule has 0 saturated carbocycles. The summed E-state index contributed by atoms with van der Waals surface area (Å²) in [5, 5.41) is 3.21. The highest BCUT2D eigenvalue weighted by Gasteiger charge is 2.15. The number of nitrogen functional groups attached to an aromatic ring is 1. The van der Waals surface area contributed by atoms with Crippen molar-refractivity contribution in [2.45, 2.75) is 25.4 Å². The summed E-state index contributed by atoms with van der Waals surface area (Å²) in [6, 6.07) is 8.32. The van der Waals surface area contributed by atoms with Gasteiger partial charge in [-0.2, -0.15) is 0 Å². The number of carbonyl (C=O) groups is 2. The van der Waals surface area contributed by atoms with Crippen LogP contribution in [0, 0.1) is 6.92 Å². The first kappa shape index (κ1) is 17.0. The monoisotopic (exact) mass is 330 g/mol. The minimum Gasteiger partial charge on any atom is -0.399 e. The lowest BCUT2D eigenvalue weighted by Crippen LogP contribution is -2.17. The second-order valence-corrected chi connectivity index (χ2v) is 6.11. The van der Waals surface area contributed by atoms with Gasteiger partial charge in [0.2, 0.25) is 5.91 Å². The fourth-order valence-electron chi connectivity index (χ4n) is 1.89. The van der Waals surface area contributed by atoms with Crippen LogP contribution >= 0.6 is 11.8 Å². The highest BCUT2D eigenvalue weighted by atomic mass is 32.2. The predicted molar refractivity (Wildman–Crippen MR) is 91.6 cm³/mol. The third-order valence-corrected chi connectivity index (χ3v) is 3.64. The molecule has 1 amide bonds. The summed E-state index contributed by atoms with van der Waals surface area (Å²) in [5.41, 5.74) is 7.76. The number of aryl methyl sites for hydroxylation is 1. The second kappa shape index (κ2) is 7.73. The Morgan fingerprint density at radius 1 is 1.22 bits per heavy atom. The van der Waals surface area contributed by atoms with Crippen LogP contribution in [0.25, 0.3) is 0 Å². The number of nitrogens with zero attached hydrogens (tertiary/aromatic N) is 2. The molecule has 7 heteroatoms. The van der Waals surface area contributed by atoms with Crippen LogP contribution in [0.5, 0.6) is 0 Å². The van der Waals surface area contributed by atoms with Crippen molar-refractivity contribution in [2.24, 2.45) is 0 Å². The summed E-state index contributed by atoms with van der Waals surface area (Å²) in [6.45, 7) is 3.78.